The van der Waals surface area contributed by atoms with E-state index in [0.717, 1.165) is 16.3 Å². The Balaban J connectivity index is 1.47. The minimum Gasteiger partial charge on any atom is -0.497 e. The number of nitrogens with zero attached hydrogens (tertiary/aromatic N) is 3. The third-order valence-electron chi connectivity index (χ3n) is 6.31. The number of piperidine rings is 1. The van der Waals surface area contributed by atoms with Crippen LogP contribution in [0, 0.1) is 13.8 Å². The number of likely N-dealkylation sites (tertiary alicyclic amines) is 1. The maximum atomic E-state index is 12.9. The molecular formula is C25H30N4O3S. The Kier molecular flexibility index (Phi) is 6.65. The summed E-state index contributed by atoms with van der Waals surface area (Å²) in [5, 5.41) is 3.93. The number of carbonyl (C=O) groups excluding carboxylic acids is 1. The van der Waals surface area contributed by atoms with E-state index in [-0.39, 0.29) is 6.03 Å². The number of carbonyl (C=O) groups is 1. The van der Waals surface area contributed by atoms with Gasteiger partial charge < -0.3 is 19.7 Å². The van der Waals surface area contributed by atoms with Gasteiger partial charge in [-0.25, -0.2) is 9.79 Å². The first kappa shape index (κ1) is 23.2. The van der Waals surface area contributed by atoms with E-state index in [1.807, 2.05) is 11.2 Å². The molecule has 1 N–H and O–H groups in total. The fourth-order valence-corrected chi connectivity index (χ4v) is 4.75. The Morgan fingerprint density at radius 3 is 2.42 bits per heavy atom. The van der Waals surface area contributed by atoms with Gasteiger partial charge in [-0.2, -0.15) is 0 Å². The molecule has 0 bridgehead atoms. The molecule has 8 heteroatoms. The first-order valence-corrected chi connectivity index (χ1v) is 12.2. The van der Waals surface area contributed by atoms with Crippen LogP contribution in [0.5, 0.6) is 11.5 Å². The molecule has 2 aliphatic heterocycles. The Morgan fingerprint density at radius 2 is 1.79 bits per heavy atom. The number of amides is 2. The first-order chi connectivity index (χ1) is 15.9. The minimum atomic E-state index is -0.485. The molecule has 0 aromatic heterocycles. The monoisotopic (exact) mass is 466 g/mol. The van der Waals surface area contributed by atoms with E-state index in [2.05, 4.69) is 37.4 Å². The van der Waals surface area contributed by atoms with Gasteiger partial charge in [0.1, 0.15) is 16.5 Å². The molecule has 2 aliphatic rings. The molecule has 4 rings (SSSR count). The number of ether oxygens (including phenoxy) is 2. The van der Waals surface area contributed by atoms with E-state index in [1.165, 1.54) is 11.1 Å². The molecule has 1 saturated heterocycles. The normalized spacial score (nSPS) is 16.9. The first-order valence-electron chi connectivity index (χ1n) is 11.0. The van der Waals surface area contributed by atoms with Crippen LogP contribution in [0.4, 0.5) is 10.5 Å². The van der Waals surface area contributed by atoms with Gasteiger partial charge in [-0.3, -0.25) is 4.99 Å². The molecule has 0 aliphatic carbocycles. The van der Waals surface area contributed by atoms with Crippen LogP contribution in [0.25, 0.3) is 0 Å². The summed E-state index contributed by atoms with van der Waals surface area (Å²) in [5.74, 6) is 1.23. The Morgan fingerprint density at radius 1 is 1.03 bits per heavy atom. The van der Waals surface area contributed by atoms with Crippen molar-refractivity contribution in [2.45, 2.75) is 32.4 Å². The molecule has 1 fully saturated rings. The van der Waals surface area contributed by atoms with Crippen LogP contribution in [0.15, 0.2) is 46.4 Å². The van der Waals surface area contributed by atoms with E-state index < -0.39 is 5.66 Å². The van der Waals surface area contributed by atoms with Gasteiger partial charge in [-0.05, 0) is 49.4 Å². The molecule has 33 heavy (non-hydrogen) atoms. The number of hydrogen-bond donors (Lipinski definition) is 1. The van der Waals surface area contributed by atoms with Crippen molar-refractivity contribution in [3.8, 4) is 11.5 Å². The highest BCUT2D eigenvalue weighted by Crippen LogP contribution is 2.36. The van der Waals surface area contributed by atoms with Crippen LogP contribution < -0.4 is 14.8 Å². The number of benzene rings is 2. The zero-order valence-electron chi connectivity index (χ0n) is 19.8. The maximum absolute atomic E-state index is 12.9. The summed E-state index contributed by atoms with van der Waals surface area (Å²) < 4.78 is 10.6. The summed E-state index contributed by atoms with van der Waals surface area (Å²) in [6.07, 6.45) is 3.43. The van der Waals surface area contributed by atoms with Crippen molar-refractivity contribution < 1.29 is 14.3 Å². The third-order valence-corrected chi connectivity index (χ3v) is 6.98. The summed E-state index contributed by atoms with van der Waals surface area (Å²) in [6.45, 7) is 5.40. The lowest BCUT2D eigenvalue weighted by Crippen LogP contribution is -2.46. The molecule has 1 spiro atoms. The predicted molar refractivity (Wildman–Crippen MR) is 136 cm³/mol. The molecule has 0 atom stereocenters. The standard InChI is InChI=1S/C25H30N4O3S/c1-16-6-7-18(14-17(16)2)22-23(33-5)28-25(27-22)10-12-29(13-11-25)24(30)26-20-9-8-19(31-3)15-21(20)32-4/h6-9,14-15H,10-13H2,1-5H3,(H,26,30). The second-order valence-corrected chi connectivity index (χ2v) is 9.14. The van der Waals surface area contributed by atoms with Crippen molar-refractivity contribution in [3.63, 3.8) is 0 Å². The highest BCUT2D eigenvalue weighted by Gasteiger charge is 2.40. The number of thioether (sulfide) groups is 1. The van der Waals surface area contributed by atoms with Gasteiger partial charge in [0.05, 0.1) is 25.6 Å². The number of hydrogen-bond acceptors (Lipinski definition) is 6. The van der Waals surface area contributed by atoms with Crippen molar-refractivity contribution in [2.24, 2.45) is 9.98 Å². The van der Waals surface area contributed by atoms with Crippen LogP contribution in [0.3, 0.4) is 0 Å². The zero-order valence-corrected chi connectivity index (χ0v) is 20.6. The fourth-order valence-electron chi connectivity index (χ4n) is 4.13. The zero-order chi connectivity index (χ0) is 23.6. The number of anilines is 1. The van der Waals surface area contributed by atoms with Crippen molar-refractivity contribution in [1.29, 1.82) is 0 Å². The van der Waals surface area contributed by atoms with Gasteiger partial charge >= 0.3 is 6.03 Å². The highest BCUT2D eigenvalue weighted by molar-refractivity contribution is 8.15. The largest absolute Gasteiger partial charge is 0.497 e. The van der Waals surface area contributed by atoms with Gasteiger partial charge in [0, 0.05) is 37.6 Å². The molecule has 7 nitrogen and oxygen atoms in total. The molecule has 0 saturated carbocycles. The summed E-state index contributed by atoms with van der Waals surface area (Å²) >= 11 is 1.63. The van der Waals surface area contributed by atoms with Gasteiger partial charge in [-0.1, -0.05) is 12.1 Å². The molecule has 2 amide bonds. The van der Waals surface area contributed by atoms with E-state index in [9.17, 15) is 4.79 Å². The average Bonchev–Trinajstić information content (AvgIpc) is 3.19. The number of urea groups is 1. The van der Waals surface area contributed by atoms with Gasteiger partial charge in [-0.15, -0.1) is 11.8 Å². The molecule has 0 unspecified atom stereocenters. The van der Waals surface area contributed by atoms with Crippen LogP contribution >= 0.6 is 11.8 Å². The number of methoxy groups -OCH3 is 2. The second-order valence-electron chi connectivity index (χ2n) is 8.35. The molecule has 174 valence electrons. The SMILES string of the molecule is COc1ccc(NC(=O)N2CCC3(CC2)N=C(SC)C(c2ccc(C)c(C)c2)=N3)c(OC)c1. The number of aryl methyl sites for hydroxylation is 2. The quantitative estimate of drug-likeness (QED) is 0.695. The van der Waals surface area contributed by atoms with Crippen LogP contribution in [0.2, 0.25) is 0 Å². The van der Waals surface area contributed by atoms with E-state index in [4.69, 9.17) is 19.5 Å². The van der Waals surface area contributed by atoms with Crippen molar-refractivity contribution in [3.05, 3.63) is 53.1 Å². The van der Waals surface area contributed by atoms with Gasteiger partial charge in [0.25, 0.3) is 0 Å². The van der Waals surface area contributed by atoms with E-state index >= 15 is 0 Å². The maximum Gasteiger partial charge on any atom is 0.321 e. The van der Waals surface area contributed by atoms with Crippen molar-refractivity contribution >= 4 is 34.2 Å². The van der Waals surface area contributed by atoms with Crippen molar-refractivity contribution in [1.82, 2.24) is 4.90 Å². The molecule has 2 aromatic rings. The predicted octanol–water partition coefficient (Wildman–Crippen LogP) is 4.91. The van der Waals surface area contributed by atoms with Gasteiger partial charge in [0.2, 0.25) is 0 Å². The smallest absolute Gasteiger partial charge is 0.321 e. The third kappa shape index (κ3) is 4.71. The summed E-state index contributed by atoms with van der Waals surface area (Å²) in [7, 11) is 3.17. The molecule has 2 aromatic carbocycles. The molecule has 2 heterocycles. The summed E-state index contributed by atoms with van der Waals surface area (Å²) in [5.41, 5.74) is 4.71. The number of nitrogens with one attached hydrogen (secondary N) is 1. The Hall–Kier alpha value is -3.00. The van der Waals surface area contributed by atoms with Crippen LogP contribution in [0.1, 0.15) is 29.5 Å². The summed E-state index contributed by atoms with van der Waals surface area (Å²) in [6, 6.07) is 11.6. The number of aliphatic imine (C=N–C) groups is 2. The molecule has 0 radical (unpaired) electrons. The van der Waals surface area contributed by atoms with Gasteiger partial charge in [0.15, 0.2) is 5.66 Å². The lowest BCUT2D eigenvalue weighted by molar-refractivity contribution is 0.175. The van der Waals surface area contributed by atoms with Crippen LogP contribution in [-0.2, 0) is 0 Å². The second kappa shape index (κ2) is 9.47. The average molecular weight is 467 g/mol. The summed E-state index contributed by atoms with van der Waals surface area (Å²) in [4.78, 5) is 24.8. The lowest BCUT2D eigenvalue weighted by atomic mass is 9.98. The molecular weight excluding hydrogens is 436 g/mol. The Labute approximate surface area is 199 Å². The lowest BCUT2D eigenvalue weighted by Gasteiger charge is -2.35. The van der Waals surface area contributed by atoms with E-state index in [1.54, 1.807) is 44.2 Å². The Bertz CT molecular complexity index is 1120. The van der Waals surface area contributed by atoms with E-state index in [0.29, 0.717) is 43.1 Å². The van der Waals surface area contributed by atoms with Crippen molar-refractivity contribution in [2.75, 3.05) is 38.9 Å². The minimum absolute atomic E-state index is 0.154. The highest BCUT2D eigenvalue weighted by atomic mass is 32.2. The fraction of sp³-hybridized carbons (Fsp3) is 0.400. The van der Waals surface area contributed by atoms with Crippen LogP contribution in [-0.4, -0.2) is 60.9 Å². The number of rotatable bonds is 4. The topological polar surface area (TPSA) is 75.5 Å².